The molecule has 1 aromatic heterocycles. The molecule has 0 atom stereocenters. The monoisotopic (exact) mass is 438 g/mol. The summed E-state index contributed by atoms with van der Waals surface area (Å²) >= 11 is 6.29. The van der Waals surface area contributed by atoms with Gasteiger partial charge in [0.15, 0.2) is 0 Å². The highest BCUT2D eigenvalue weighted by Gasteiger charge is 2.23. The van der Waals surface area contributed by atoms with Gasteiger partial charge in [0.2, 0.25) is 5.91 Å². The van der Waals surface area contributed by atoms with E-state index in [0.29, 0.717) is 36.9 Å². The van der Waals surface area contributed by atoms with Crippen LogP contribution in [0.2, 0.25) is 5.02 Å². The van der Waals surface area contributed by atoms with Crippen LogP contribution >= 0.6 is 11.6 Å². The fourth-order valence-electron chi connectivity index (χ4n) is 3.61. The summed E-state index contributed by atoms with van der Waals surface area (Å²) in [5.41, 5.74) is 2.13. The second-order valence-electron chi connectivity index (χ2n) is 7.26. The number of methoxy groups -OCH3 is 1. The smallest absolute Gasteiger partial charge is 0.267 e. The molecule has 1 aliphatic rings. The van der Waals surface area contributed by atoms with E-state index in [1.165, 1.54) is 10.7 Å². The third-order valence-corrected chi connectivity index (χ3v) is 5.68. The fourth-order valence-corrected chi connectivity index (χ4v) is 3.87. The van der Waals surface area contributed by atoms with Gasteiger partial charge < -0.3 is 14.5 Å². The Morgan fingerprint density at radius 1 is 1.00 bits per heavy atom. The Morgan fingerprint density at radius 3 is 2.39 bits per heavy atom. The molecule has 0 aliphatic carbocycles. The number of anilines is 1. The normalized spacial score (nSPS) is 13.9. The van der Waals surface area contributed by atoms with Crippen LogP contribution in [-0.4, -0.2) is 53.9 Å². The molecule has 2 aromatic carbocycles. The summed E-state index contributed by atoms with van der Waals surface area (Å²) in [7, 11) is 1.60. The number of para-hydroxylation sites is 1. The van der Waals surface area contributed by atoms with Crippen LogP contribution < -0.4 is 15.2 Å². The van der Waals surface area contributed by atoms with Gasteiger partial charge in [-0.05, 0) is 42.5 Å². The lowest BCUT2D eigenvalue weighted by Gasteiger charge is -2.36. The van der Waals surface area contributed by atoms with Crippen molar-refractivity contribution in [2.45, 2.75) is 6.54 Å². The molecule has 3 aromatic rings. The predicted molar refractivity (Wildman–Crippen MR) is 121 cm³/mol. The summed E-state index contributed by atoms with van der Waals surface area (Å²) in [5, 5.41) is 5.10. The average molecular weight is 439 g/mol. The Balaban J connectivity index is 1.43. The number of rotatable bonds is 5. The second-order valence-corrected chi connectivity index (χ2v) is 7.67. The van der Waals surface area contributed by atoms with Gasteiger partial charge in [0.1, 0.15) is 12.3 Å². The molecule has 0 bridgehead atoms. The zero-order valence-electron chi connectivity index (χ0n) is 17.2. The lowest BCUT2D eigenvalue weighted by Crippen LogP contribution is -2.50. The van der Waals surface area contributed by atoms with E-state index in [9.17, 15) is 9.59 Å². The molecule has 7 nitrogen and oxygen atoms in total. The maximum absolute atomic E-state index is 12.8. The van der Waals surface area contributed by atoms with Crippen LogP contribution in [0.4, 0.5) is 5.69 Å². The van der Waals surface area contributed by atoms with Gasteiger partial charge in [-0.15, -0.1) is 0 Å². The Bertz CT molecular complexity index is 1120. The van der Waals surface area contributed by atoms with E-state index in [0.717, 1.165) is 17.0 Å². The number of halogens is 1. The summed E-state index contributed by atoms with van der Waals surface area (Å²) in [5.74, 6) is 0.614. The molecule has 1 fully saturated rings. The van der Waals surface area contributed by atoms with Crippen molar-refractivity contribution in [2.75, 3.05) is 38.2 Å². The third-order valence-electron chi connectivity index (χ3n) is 5.36. The number of benzene rings is 2. The highest BCUT2D eigenvalue weighted by molar-refractivity contribution is 6.33. The van der Waals surface area contributed by atoms with Crippen LogP contribution in [-0.2, 0) is 11.3 Å². The van der Waals surface area contributed by atoms with Crippen molar-refractivity contribution in [3.63, 3.8) is 0 Å². The summed E-state index contributed by atoms with van der Waals surface area (Å²) in [6.45, 7) is 2.41. The van der Waals surface area contributed by atoms with Gasteiger partial charge in [-0.3, -0.25) is 9.59 Å². The standard InChI is InChI=1S/C23H23ClN4O3/c1-31-18-8-6-17(7-9-18)20-10-11-22(29)28(25-20)16-23(30)27-14-12-26(13-15-27)21-5-3-2-4-19(21)24/h2-11H,12-16H2,1H3. The molecule has 1 aliphatic heterocycles. The Hall–Kier alpha value is -3.32. The van der Waals surface area contributed by atoms with Crippen LogP contribution in [0.15, 0.2) is 65.5 Å². The topological polar surface area (TPSA) is 67.7 Å². The Kier molecular flexibility index (Phi) is 6.23. The van der Waals surface area contributed by atoms with E-state index in [4.69, 9.17) is 16.3 Å². The maximum Gasteiger partial charge on any atom is 0.267 e. The van der Waals surface area contributed by atoms with Crippen molar-refractivity contribution < 1.29 is 9.53 Å². The minimum Gasteiger partial charge on any atom is -0.497 e. The molecule has 0 unspecified atom stereocenters. The number of hydrogen-bond donors (Lipinski definition) is 0. The van der Waals surface area contributed by atoms with E-state index >= 15 is 0 Å². The summed E-state index contributed by atoms with van der Waals surface area (Å²) in [4.78, 5) is 29.0. The van der Waals surface area contributed by atoms with Crippen LogP contribution in [0.1, 0.15) is 0 Å². The van der Waals surface area contributed by atoms with Gasteiger partial charge in [-0.2, -0.15) is 5.10 Å². The molecular formula is C23H23ClN4O3. The highest BCUT2D eigenvalue weighted by Crippen LogP contribution is 2.26. The van der Waals surface area contributed by atoms with Crippen LogP contribution in [0.3, 0.4) is 0 Å². The van der Waals surface area contributed by atoms with Crippen molar-refractivity contribution in [3.05, 3.63) is 76.0 Å². The first kappa shape index (κ1) is 20.9. The largest absolute Gasteiger partial charge is 0.497 e. The minimum absolute atomic E-state index is 0.0884. The van der Waals surface area contributed by atoms with E-state index in [2.05, 4.69) is 10.00 Å². The van der Waals surface area contributed by atoms with E-state index in [1.54, 1.807) is 18.1 Å². The molecular weight excluding hydrogens is 416 g/mol. The number of amides is 1. The Morgan fingerprint density at radius 2 is 1.71 bits per heavy atom. The van der Waals surface area contributed by atoms with Gasteiger partial charge in [-0.1, -0.05) is 23.7 Å². The zero-order valence-corrected chi connectivity index (χ0v) is 18.0. The molecule has 160 valence electrons. The summed E-state index contributed by atoms with van der Waals surface area (Å²) in [6.07, 6.45) is 0. The molecule has 1 saturated heterocycles. The van der Waals surface area contributed by atoms with Crippen molar-refractivity contribution in [2.24, 2.45) is 0 Å². The maximum atomic E-state index is 12.8. The van der Waals surface area contributed by atoms with Crippen molar-refractivity contribution in [1.29, 1.82) is 0 Å². The molecule has 0 saturated carbocycles. The van der Waals surface area contributed by atoms with E-state index in [-0.39, 0.29) is 18.0 Å². The zero-order chi connectivity index (χ0) is 21.8. The minimum atomic E-state index is -0.305. The Labute approximate surface area is 185 Å². The van der Waals surface area contributed by atoms with Gasteiger partial charge in [0.25, 0.3) is 5.56 Å². The number of aromatic nitrogens is 2. The number of carbonyl (C=O) groups is 1. The number of ether oxygens (including phenoxy) is 1. The van der Waals surface area contributed by atoms with Crippen LogP contribution in [0.25, 0.3) is 11.3 Å². The fraction of sp³-hybridized carbons (Fsp3) is 0.261. The van der Waals surface area contributed by atoms with Crippen molar-refractivity contribution in [1.82, 2.24) is 14.7 Å². The van der Waals surface area contributed by atoms with Crippen LogP contribution in [0.5, 0.6) is 5.75 Å². The van der Waals surface area contributed by atoms with Crippen molar-refractivity contribution >= 4 is 23.2 Å². The first-order valence-electron chi connectivity index (χ1n) is 10.0. The second kappa shape index (κ2) is 9.22. The third kappa shape index (κ3) is 4.72. The number of carbonyl (C=O) groups excluding carboxylic acids is 1. The predicted octanol–water partition coefficient (Wildman–Crippen LogP) is 2.92. The lowest BCUT2D eigenvalue weighted by molar-refractivity contribution is -0.132. The average Bonchev–Trinajstić information content (AvgIpc) is 2.81. The van der Waals surface area contributed by atoms with Gasteiger partial charge in [0, 0.05) is 37.8 Å². The van der Waals surface area contributed by atoms with E-state index < -0.39 is 0 Å². The van der Waals surface area contributed by atoms with Gasteiger partial charge in [0.05, 0.1) is 23.5 Å². The van der Waals surface area contributed by atoms with Crippen LogP contribution in [0, 0.1) is 0 Å². The number of hydrogen-bond acceptors (Lipinski definition) is 5. The number of nitrogens with zero attached hydrogens (tertiary/aromatic N) is 4. The molecule has 1 amide bonds. The van der Waals surface area contributed by atoms with Crippen molar-refractivity contribution in [3.8, 4) is 17.0 Å². The molecule has 4 rings (SSSR count). The summed E-state index contributed by atoms with van der Waals surface area (Å²) in [6, 6.07) is 18.2. The molecule has 0 spiro atoms. The number of piperazine rings is 1. The molecule has 31 heavy (non-hydrogen) atoms. The molecule has 2 heterocycles. The summed E-state index contributed by atoms with van der Waals surface area (Å²) < 4.78 is 6.40. The highest BCUT2D eigenvalue weighted by atomic mass is 35.5. The van der Waals surface area contributed by atoms with E-state index in [1.807, 2.05) is 48.5 Å². The lowest BCUT2D eigenvalue weighted by atomic mass is 10.1. The first-order chi connectivity index (χ1) is 15.0. The molecule has 0 N–H and O–H groups in total. The quantitative estimate of drug-likeness (QED) is 0.612. The first-order valence-corrected chi connectivity index (χ1v) is 10.4. The van der Waals surface area contributed by atoms with Gasteiger partial charge in [-0.25, -0.2) is 4.68 Å². The van der Waals surface area contributed by atoms with Gasteiger partial charge >= 0.3 is 0 Å². The SMILES string of the molecule is COc1ccc(-c2ccc(=O)n(CC(=O)N3CCN(c4ccccc4Cl)CC3)n2)cc1. The molecule has 0 radical (unpaired) electrons. The molecule has 8 heteroatoms.